The van der Waals surface area contributed by atoms with Gasteiger partial charge in [-0.25, -0.2) is 0 Å². The van der Waals surface area contributed by atoms with Gasteiger partial charge in [0, 0.05) is 0 Å². The molecule has 1 rings (SSSR count). The molecule has 4 nitrogen and oxygen atoms in total. The van der Waals surface area contributed by atoms with Gasteiger partial charge in [0.2, 0.25) is 0 Å². The molecule has 1 saturated carbocycles. The van der Waals surface area contributed by atoms with E-state index in [1.807, 2.05) is 12.5 Å². The van der Waals surface area contributed by atoms with E-state index in [2.05, 4.69) is 13.8 Å². The Labute approximate surface area is 148 Å². The van der Waals surface area contributed by atoms with Crippen LogP contribution in [0.25, 0.3) is 0 Å². The van der Waals surface area contributed by atoms with Gasteiger partial charge < -0.3 is 9.47 Å². The van der Waals surface area contributed by atoms with Crippen LogP contribution < -0.4 is 0 Å². The molecule has 0 aromatic carbocycles. The number of hydrogen-bond acceptors (Lipinski definition) is 6. The second kappa shape index (κ2) is 10.5. The van der Waals surface area contributed by atoms with Crippen LogP contribution in [0.15, 0.2) is 0 Å². The molecule has 1 aliphatic carbocycles. The average molecular weight is 363 g/mol. The highest BCUT2D eigenvalue weighted by molar-refractivity contribution is 7.99. The number of thioether (sulfide) groups is 2. The Morgan fingerprint density at radius 3 is 1.96 bits per heavy atom. The third-order valence-corrected chi connectivity index (χ3v) is 5.80. The van der Waals surface area contributed by atoms with Crippen molar-refractivity contribution in [2.45, 2.75) is 64.1 Å². The molecule has 0 atom stereocenters. The van der Waals surface area contributed by atoms with Crippen molar-refractivity contribution in [3.05, 3.63) is 0 Å². The van der Waals surface area contributed by atoms with Gasteiger partial charge in [-0.2, -0.15) is 23.5 Å². The van der Waals surface area contributed by atoms with Crippen LogP contribution in [0, 0.1) is 5.92 Å². The van der Waals surface area contributed by atoms with Crippen molar-refractivity contribution in [1.29, 1.82) is 0 Å². The van der Waals surface area contributed by atoms with Gasteiger partial charge in [-0.15, -0.1) is 0 Å². The lowest BCUT2D eigenvalue weighted by molar-refractivity contribution is -0.168. The van der Waals surface area contributed by atoms with Crippen LogP contribution >= 0.6 is 23.5 Å². The molecule has 0 aliphatic heterocycles. The van der Waals surface area contributed by atoms with Gasteiger partial charge in [-0.1, -0.05) is 13.8 Å². The summed E-state index contributed by atoms with van der Waals surface area (Å²) < 4.78 is 11.4. The maximum Gasteiger partial charge on any atom is 0.316 e. The Morgan fingerprint density at radius 2 is 1.48 bits per heavy atom. The monoisotopic (exact) mass is 362 g/mol. The van der Waals surface area contributed by atoms with E-state index < -0.39 is 0 Å². The fourth-order valence-corrected chi connectivity index (χ4v) is 4.07. The zero-order valence-electron chi connectivity index (χ0n) is 14.8. The molecule has 0 spiro atoms. The minimum atomic E-state index is -0.360. The summed E-state index contributed by atoms with van der Waals surface area (Å²) in [6.45, 7) is 4.20. The molecule has 0 aromatic rings. The van der Waals surface area contributed by atoms with E-state index in [1.54, 1.807) is 0 Å². The molecule has 0 bridgehead atoms. The molecule has 0 unspecified atom stereocenters. The van der Waals surface area contributed by atoms with E-state index >= 15 is 0 Å². The van der Waals surface area contributed by atoms with Crippen LogP contribution in [-0.2, 0) is 19.1 Å². The van der Waals surface area contributed by atoms with Gasteiger partial charge in [-0.3, -0.25) is 9.59 Å². The Balaban J connectivity index is 2.59. The summed E-state index contributed by atoms with van der Waals surface area (Å²) in [6, 6.07) is 0. The maximum atomic E-state index is 12.0. The Bertz CT molecular complexity index is 375. The summed E-state index contributed by atoms with van der Waals surface area (Å²) in [6.07, 6.45) is 9.15. The van der Waals surface area contributed by atoms with Crippen molar-refractivity contribution in [2.75, 3.05) is 24.0 Å². The van der Waals surface area contributed by atoms with Crippen molar-refractivity contribution in [2.24, 2.45) is 5.92 Å². The van der Waals surface area contributed by atoms with Gasteiger partial charge in [0.1, 0.15) is 11.7 Å². The highest BCUT2D eigenvalue weighted by atomic mass is 32.2. The molecular formula is C17H30O4S2. The van der Waals surface area contributed by atoms with Crippen LogP contribution in [-0.4, -0.2) is 47.7 Å². The molecule has 1 fully saturated rings. The normalized spacial score (nSPS) is 21.7. The van der Waals surface area contributed by atoms with E-state index in [0.29, 0.717) is 17.4 Å². The smallest absolute Gasteiger partial charge is 0.316 e. The summed E-state index contributed by atoms with van der Waals surface area (Å²) in [5.41, 5.74) is -0.360. The fraction of sp³-hybridized carbons (Fsp3) is 0.882. The molecule has 0 heterocycles. The van der Waals surface area contributed by atoms with E-state index in [9.17, 15) is 9.59 Å². The van der Waals surface area contributed by atoms with E-state index in [0.717, 1.165) is 38.5 Å². The zero-order valence-corrected chi connectivity index (χ0v) is 16.4. The summed E-state index contributed by atoms with van der Waals surface area (Å²) in [7, 11) is 0. The SMILES string of the molecule is CCC(CC)(OC(=O)CSC)C1CCC(OC(=O)CSC)CC1. The number of esters is 2. The van der Waals surface area contributed by atoms with Crippen molar-refractivity contribution < 1.29 is 19.1 Å². The lowest BCUT2D eigenvalue weighted by Crippen LogP contribution is -2.44. The predicted molar refractivity (Wildman–Crippen MR) is 98.0 cm³/mol. The average Bonchev–Trinajstić information content (AvgIpc) is 2.54. The Hall–Kier alpha value is -0.360. The van der Waals surface area contributed by atoms with Gasteiger partial charge in [-0.05, 0) is 57.0 Å². The third kappa shape index (κ3) is 6.22. The summed E-state index contributed by atoms with van der Waals surface area (Å²) >= 11 is 2.98. The second-order valence-electron chi connectivity index (χ2n) is 6.08. The third-order valence-electron chi connectivity index (χ3n) is 4.75. The van der Waals surface area contributed by atoms with Gasteiger partial charge in [0.05, 0.1) is 11.5 Å². The molecule has 0 amide bonds. The first-order valence-electron chi connectivity index (χ1n) is 8.40. The largest absolute Gasteiger partial charge is 0.462 e. The first-order valence-corrected chi connectivity index (χ1v) is 11.2. The quantitative estimate of drug-likeness (QED) is 0.580. The van der Waals surface area contributed by atoms with E-state index in [4.69, 9.17) is 9.47 Å². The molecule has 0 radical (unpaired) electrons. The first-order chi connectivity index (χ1) is 11.0. The molecule has 6 heteroatoms. The topological polar surface area (TPSA) is 52.6 Å². The standard InChI is InChI=1S/C17H30O4S2/c1-5-17(6-2,21-16(19)12-23-4)13-7-9-14(10-8-13)20-15(18)11-22-3/h13-14H,5-12H2,1-4H3. The number of carbonyl (C=O) groups excluding carboxylic acids is 2. The van der Waals surface area contributed by atoms with Crippen LogP contribution in [0.1, 0.15) is 52.4 Å². The molecule has 0 aromatic heterocycles. The van der Waals surface area contributed by atoms with Gasteiger partial charge >= 0.3 is 11.9 Å². The summed E-state index contributed by atoms with van der Waals surface area (Å²) in [5.74, 6) is 0.946. The van der Waals surface area contributed by atoms with Crippen molar-refractivity contribution in [3.63, 3.8) is 0 Å². The van der Waals surface area contributed by atoms with Crippen LogP contribution in [0.4, 0.5) is 0 Å². The number of carbonyl (C=O) groups is 2. The van der Waals surface area contributed by atoms with Gasteiger partial charge in [0.25, 0.3) is 0 Å². The number of rotatable bonds is 9. The van der Waals surface area contributed by atoms with Crippen molar-refractivity contribution in [1.82, 2.24) is 0 Å². The summed E-state index contributed by atoms with van der Waals surface area (Å²) in [4.78, 5) is 23.6. The molecular weight excluding hydrogens is 332 g/mol. The lowest BCUT2D eigenvalue weighted by atomic mass is 9.73. The van der Waals surface area contributed by atoms with Crippen molar-refractivity contribution >= 4 is 35.5 Å². The zero-order chi connectivity index (χ0) is 17.3. The maximum absolute atomic E-state index is 12.0. The lowest BCUT2D eigenvalue weighted by Gasteiger charge is -2.42. The second-order valence-corrected chi connectivity index (χ2v) is 7.81. The number of ether oxygens (including phenoxy) is 2. The Kier molecular flexibility index (Phi) is 9.44. The molecule has 23 heavy (non-hydrogen) atoms. The Morgan fingerprint density at radius 1 is 0.957 bits per heavy atom. The first kappa shape index (κ1) is 20.7. The van der Waals surface area contributed by atoms with Crippen LogP contribution in [0.3, 0.4) is 0 Å². The number of hydrogen-bond donors (Lipinski definition) is 0. The van der Waals surface area contributed by atoms with Gasteiger partial charge in [0.15, 0.2) is 0 Å². The van der Waals surface area contributed by atoms with E-state index in [1.165, 1.54) is 23.5 Å². The van der Waals surface area contributed by atoms with E-state index in [-0.39, 0.29) is 23.6 Å². The molecule has 0 N–H and O–H groups in total. The van der Waals surface area contributed by atoms with Crippen molar-refractivity contribution in [3.8, 4) is 0 Å². The fourth-order valence-electron chi connectivity index (χ4n) is 3.47. The van der Waals surface area contributed by atoms with Crippen LogP contribution in [0.2, 0.25) is 0 Å². The molecule has 1 aliphatic rings. The molecule has 134 valence electrons. The molecule has 0 saturated heterocycles. The van der Waals surface area contributed by atoms with Crippen LogP contribution in [0.5, 0.6) is 0 Å². The minimum Gasteiger partial charge on any atom is -0.462 e. The predicted octanol–water partition coefficient (Wildman–Crippen LogP) is 3.92. The highest BCUT2D eigenvalue weighted by Crippen LogP contribution is 2.40. The minimum absolute atomic E-state index is 0.0270. The highest BCUT2D eigenvalue weighted by Gasteiger charge is 2.41. The summed E-state index contributed by atoms with van der Waals surface area (Å²) in [5, 5.41) is 0.